The van der Waals surface area contributed by atoms with Crippen LogP contribution in [0.4, 0.5) is 5.69 Å². The number of likely N-dealkylation sites (N-methyl/N-ethyl adjacent to an activating group) is 1. The SMILES string of the molecule is CN(C1CCCN(c2ccncc2Br)C1)S(=O)(=O)C1CC1. The van der Waals surface area contributed by atoms with Crippen molar-refractivity contribution in [1.29, 1.82) is 0 Å². The van der Waals surface area contributed by atoms with Crippen molar-refractivity contribution in [2.24, 2.45) is 0 Å². The van der Waals surface area contributed by atoms with Crippen LogP contribution in [-0.2, 0) is 10.0 Å². The number of halogens is 1. The molecular weight excluding hydrogens is 354 g/mol. The maximum absolute atomic E-state index is 12.4. The summed E-state index contributed by atoms with van der Waals surface area (Å²) in [5, 5.41) is -0.134. The molecule has 1 aliphatic heterocycles. The fourth-order valence-corrected chi connectivity index (χ4v) is 5.19. The first kappa shape index (κ1) is 15.2. The first-order valence-electron chi connectivity index (χ1n) is 7.31. The lowest BCUT2D eigenvalue weighted by Gasteiger charge is -2.38. The van der Waals surface area contributed by atoms with Gasteiger partial charge >= 0.3 is 0 Å². The molecule has 1 atom stereocenters. The summed E-state index contributed by atoms with van der Waals surface area (Å²) in [5.41, 5.74) is 1.09. The summed E-state index contributed by atoms with van der Waals surface area (Å²) in [6.07, 6.45) is 7.13. The van der Waals surface area contributed by atoms with Gasteiger partial charge in [-0.1, -0.05) is 0 Å². The predicted octanol–water partition coefficient (Wildman–Crippen LogP) is 2.24. The Hall–Kier alpha value is -0.660. The minimum atomic E-state index is -3.10. The Morgan fingerprint density at radius 1 is 1.38 bits per heavy atom. The van der Waals surface area contributed by atoms with E-state index < -0.39 is 10.0 Å². The maximum atomic E-state index is 12.4. The predicted molar refractivity (Wildman–Crippen MR) is 86.9 cm³/mol. The molecule has 1 saturated heterocycles. The average molecular weight is 374 g/mol. The highest BCUT2D eigenvalue weighted by Gasteiger charge is 2.41. The third kappa shape index (κ3) is 3.10. The Labute approximate surface area is 134 Å². The van der Waals surface area contributed by atoms with E-state index in [-0.39, 0.29) is 11.3 Å². The fraction of sp³-hybridized carbons (Fsp3) is 0.643. The van der Waals surface area contributed by atoms with Gasteiger partial charge in [0, 0.05) is 38.6 Å². The van der Waals surface area contributed by atoms with Crippen molar-refractivity contribution >= 4 is 31.6 Å². The van der Waals surface area contributed by atoms with Gasteiger partial charge in [-0.15, -0.1) is 0 Å². The second-order valence-corrected chi connectivity index (χ2v) is 8.96. The number of rotatable bonds is 4. The van der Waals surface area contributed by atoms with E-state index in [1.165, 1.54) is 0 Å². The van der Waals surface area contributed by atoms with Gasteiger partial charge in [-0.05, 0) is 47.7 Å². The van der Waals surface area contributed by atoms with Gasteiger partial charge in [-0.3, -0.25) is 4.98 Å². The van der Waals surface area contributed by atoms with Gasteiger partial charge in [-0.2, -0.15) is 4.31 Å². The summed E-state index contributed by atoms with van der Waals surface area (Å²) in [6, 6.07) is 2.03. The van der Waals surface area contributed by atoms with Gasteiger partial charge in [-0.25, -0.2) is 8.42 Å². The van der Waals surface area contributed by atoms with Crippen LogP contribution in [0.15, 0.2) is 22.9 Å². The van der Waals surface area contributed by atoms with E-state index in [0.29, 0.717) is 0 Å². The number of aromatic nitrogens is 1. The lowest BCUT2D eigenvalue weighted by Crippen LogP contribution is -2.49. The Bertz CT molecular complexity index is 618. The molecule has 2 fully saturated rings. The molecule has 0 N–H and O–H groups in total. The molecule has 0 amide bonds. The van der Waals surface area contributed by atoms with Crippen LogP contribution < -0.4 is 4.90 Å². The van der Waals surface area contributed by atoms with Crippen molar-refractivity contribution in [3.63, 3.8) is 0 Å². The van der Waals surface area contributed by atoms with E-state index in [2.05, 4.69) is 25.8 Å². The van der Waals surface area contributed by atoms with Crippen molar-refractivity contribution < 1.29 is 8.42 Å². The normalized spacial score (nSPS) is 23.6. The van der Waals surface area contributed by atoms with Crippen LogP contribution in [0.1, 0.15) is 25.7 Å². The third-order valence-electron chi connectivity index (χ3n) is 4.35. The monoisotopic (exact) mass is 373 g/mol. The molecular formula is C14H20BrN3O2S. The van der Waals surface area contributed by atoms with E-state index in [4.69, 9.17) is 0 Å². The summed E-state index contributed by atoms with van der Waals surface area (Å²) < 4.78 is 27.4. The van der Waals surface area contributed by atoms with E-state index in [0.717, 1.165) is 48.9 Å². The van der Waals surface area contributed by atoms with Crippen molar-refractivity contribution in [2.45, 2.75) is 37.0 Å². The van der Waals surface area contributed by atoms with Crippen LogP contribution >= 0.6 is 15.9 Å². The zero-order valence-electron chi connectivity index (χ0n) is 12.1. The molecule has 0 bridgehead atoms. The molecule has 5 nitrogen and oxygen atoms in total. The third-order valence-corrected chi connectivity index (χ3v) is 7.38. The summed E-state index contributed by atoms with van der Waals surface area (Å²) in [4.78, 5) is 6.33. The van der Waals surface area contributed by atoms with Crippen molar-refractivity contribution in [3.8, 4) is 0 Å². The molecule has 2 heterocycles. The molecule has 7 heteroatoms. The van der Waals surface area contributed by atoms with Gasteiger partial charge in [0.05, 0.1) is 15.4 Å². The number of pyridine rings is 1. The molecule has 1 aliphatic carbocycles. The van der Waals surface area contributed by atoms with Crippen molar-refractivity contribution in [3.05, 3.63) is 22.9 Å². The van der Waals surface area contributed by atoms with E-state index >= 15 is 0 Å². The highest BCUT2D eigenvalue weighted by atomic mass is 79.9. The van der Waals surface area contributed by atoms with Gasteiger partial charge < -0.3 is 4.90 Å². The van der Waals surface area contributed by atoms with E-state index in [9.17, 15) is 8.42 Å². The largest absolute Gasteiger partial charge is 0.369 e. The smallest absolute Gasteiger partial charge is 0.217 e. The zero-order chi connectivity index (χ0) is 15.0. The topological polar surface area (TPSA) is 53.5 Å². The second kappa shape index (κ2) is 5.85. The zero-order valence-corrected chi connectivity index (χ0v) is 14.5. The van der Waals surface area contributed by atoms with Gasteiger partial charge in [0.25, 0.3) is 0 Å². The number of nitrogens with zero attached hydrogens (tertiary/aromatic N) is 3. The number of hydrogen-bond donors (Lipinski definition) is 0. The Kier molecular flexibility index (Phi) is 4.25. The highest BCUT2D eigenvalue weighted by Crippen LogP contribution is 2.34. The maximum Gasteiger partial charge on any atom is 0.217 e. The molecule has 21 heavy (non-hydrogen) atoms. The molecule has 116 valence electrons. The number of hydrogen-bond acceptors (Lipinski definition) is 4. The number of sulfonamides is 1. The van der Waals surface area contributed by atoms with Crippen LogP contribution in [-0.4, -0.2) is 49.1 Å². The van der Waals surface area contributed by atoms with E-state index in [1.54, 1.807) is 23.7 Å². The molecule has 1 aromatic heterocycles. The lowest BCUT2D eigenvalue weighted by atomic mass is 10.1. The molecule has 1 unspecified atom stereocenters. The first-order chi connectivity index (χ1) is 10.00. The second-order valence-electron chi connectivity index (χ2n) is 5.83. The molecule has 1 aromatic rings. The van der Waals surface area contributed by atoms with Crippen molar-refractivity contribution in [2.75, 3.05) is 25.0 Å². The summed E-state index contributed by atoms with van der Waals surface area (Å²) in [7, 11) is -1.36. The van der Waals surface area contributed by atoms with Gasteiger partial charge in [0.15, 0.2) is 0 Å². The van der Waals surface area contributed by atoms with Crippen LogP contribution in [0, 0.1) is 0 Å². The van der Waals surface area contributed by atoms with E-state index in [1.807, 2.05) is 6.07 Å². The summed E-state index contributed by atoms with van der Waals surface area (Å²) in [5.74, 6) is 0. The lowest BCUT2D eigenvalue weighted by molar-refractivity contribution is 0.319. The molecule has 0 spiro atoms. The molecule has 3 rings (SSSR count). The average Bonchev–Trinajstić information content (AvgIpc) is 3.32. The molecule has 0 radical (unpaired) electrons. The van der Waals surface area contributed by atoms with Crippen LogP contribution in [0.3, 0.4) is 0 Å². The molecule has 2 aliphatic rings. The van der Waals surface area contributed by atoms with Crippen LogP contribution in [0.2, 0.25) is 0 Å². The Morgan fingerprint density at radius 2 is 2.14 bits per heavy atom. The molecule has 1 saturated carbocycles. The Balaban J connectivity index is 1.75. The van der Waals surface area contributed by atoms with Crippen LogP contribution in [0.25, 0.3) is 0 Å². The Morgan fingerprint density at radius 3 is 2.81 bits per heavy atom. The summed E-state index contributed by atoms with van der Waals surface area (Å²) >= 11 is 3.53. The summed E-state index contributed by atoms with van der Waals surface area (Å²) in [6.45, 7) is 1.70. The minimum Gasteiger partial charge on any atom is -0.369 e. The van der Waals surface area contributed by atoms with Crippen molar-refractivity contribution in [1.82, 2.24) is 9.29 Å². The van der Waals surface area contributed by atoms with Crippen LogP contribution in [0.5, 0.6) is 0 Å². The number of anilines is 1. The number of piperidine rings is 1. The van der Waals surface area contributed by atoms with Gasteiger partial charge in [0.1, 0.15) is 0 Å². The highest BCUT2D eigenvalue weighted by molar-refractivity contribution is 9.10. The fourth-order valence-electron chi connectivity index (χ4n) is 2.90. The van der Waals surface area contributed by atoms with Gasteiger partial charge in [0.2, 0.25) is 10.0 Å². The first-order valence-corrected chi connectivity index (χ1v) is 9.61. The quantitative estimate of drug-likeness (QED) is 0.811. The minimum absolute atomic E-state index is 0.0596. The molecule has 0 aromatic carbocycles. The standard InChI is InChI=1S/C14H20BrN3O2S/c1-17(21(19,20)12-4-5-12)11-3-2-8-18(10-11)14-6-7-16-9-13(14)15/h6-7,9,11-12H,2-5,8,10H2,1H3.